The van der Waals surface area contributed by atoms with Crippen LogP contribution in [0.1, 0.15) is 37.7 Å². The van der Waals surface area contributed by atoms with Gasteiger partial charge in [-0.15, -0.1) is 0 Å². The fourth-order valence-electron chi connectivity index (χ4n) is 4.71. The topological polar surface area (TPSA) is 104 Å². The van der Waals surface area contributed by atoms with E-state index >= 15 is 0 Å². The predicted octanol–water partition coefficient (Wildman–Crippen LogP) is 3.05. The van der Waals surface area contributed by atoms with E-state index in [2.05, 4.69) is 14.1 Å². The Morgan fingerprint density at radius 1 is 1.00 bits per heavy atom. The maximum atomic E-state index is 12.9. The molecule has 0 aromatic heterocycles. The van der Waals surface area contributed by atoms with E-state index in [1.807, 2.05) is 30.3 Å². The molecule has 1 aliphatic heterocycles. The van der Waals surface area contributed by atoms with Crippen molar-refractivity contribution in [3.8, 4) is 0 Å². The van der Waals surface area contributed by atoms with Crippen LogP contribution in [0.2, 0.25) is 0 Å². The summed E-state index contributed by atoms with van der Waals surface area (Å²) in [6, 6.07) is 16.5. The van der Waals surface area contributed by atoms with Crippen LogP contribution in [-0.4, -0.2) is 61.8 Å². The number of likely N-dealkylation sites (N-methyl/N-ethyl adjacent to an activating group) is 1. The number of ether oxygens (including phenoxy) is 1. The maximum Gasteiger partial charge on any atom is 0.343 e. The van der Waals surface area contributed by atoms with Crippen LogP contribution in [0.15, 0.2) is 65.6 Å². The quantitative estimate of drug-likeness (QED) is 0.405. The number of esters is 1. The van der Waals surface area contributed by atoms with Crippen molar-refractivity contribution >= 4 is 16.1 Å². The standard InChI is InChI=1S/C19H28NO3.C6H6O3S/c1-20(2)13-12-17(14-20)23-18(21)19(22,16-10-6-7-11-16)15-8-4-3-5-9-15;7-10(8,9)6-4-2-1-3-5-6/h3-5,8-9,16-17,22H,6-7,10-14H2,1-2H3;1-5H,(H,7,8,9)/q+1;/p-1/t17-,19-;/m1./s1. The number of likely N-dealkylation sites (tertiary alicyclic amines) is 1. The van der Waals surface area contributed by atoms with Crippen LogP contribution in [-0.2, 0) is 25.3 Å². The number of carbonyl (C=O) groups excluding carboxylic acids is 1. The van der Waals surface area contributed by atoms with Crippen molar-refractivity contribution in [2.45, 2.75) is 48.7 Å². The first-order chi connectivity index (χ1) is 15.5. The van der Waals surface area contributed by atoms with E-state index in [4.69, 9.17) is 4.74 Å². The van der Waals surface area contributed by atoms with Crippen molar-refractivity contribution in [3.63, 3.8) is 0 Å². The van der Waals surface area contributed by atoms with Crippen LogP contribution in [0.4, 0.5) is 0 Å². The molecule has 7 nitrogen and oxygen atoms in total. The van der Waals surface area contributed by atoms with Crippen LogP contribution in [0.25, 0.3) is 0 Å². The number of hydrogen-bond acceptors (Lipinski definition) is 6. The molecule has 33 heavy (non-hydrogen) atoms. The Balaban J connectivity index is 0.000000257. The normalized spacial score (nSPS) is 22.1. The molecule has 2 atom stereocenters. The van der Waals surface area contributed by atoms with E-state index in [9.17, 15) is 22.9 Å². The molecule has 0 amide bonds. The summed E-state index contributed by atoms with van der Waals surface area (Å²) in [5.41, 5.74) is -0.832. The summed E-state index contributed by atoms with van der Waals surface area (Å²) in [4.78, 5) is 12.8. The van der Waals surface area contributed by atoms with Gasteiger partial charge in [0.25, 0.3) is 0 Å². The second-order valence-corrected chi connectivity index (χ2v) is 10.9. The number of rotatable bonds is 5. The van der Waals surface area contributed by atoms with Gasteiger partial charge in [0.05, 0.1) is 25.5 Å². The van der Waals surface area contributed by atoms with Gasteiger partial charge in [-0.1, -0.05) is 61.4 Å². The monoisotopic (exact) mass is 475 g/mol. The van der Waals surface area contributed by atoms with Crippen LogP contribution in [0, 0.1) is 5.92 Å². The number of quaternary nitrogens is 1. The highest BCUT2D eigenvalue weighted by atomic mass is 32.2. The van der Waals surface area contributed by atoms with E-state index < -0.39 is 21.7 Å². The molecule has 0 spiro atoms. The number of nitrogens with zero attached hydrogens (tertiary/aromatic N) is 1. The van der Waals surface area contributed by atoms with E-state index in [1.54, 1.807) is 6.07 Å². The van der Waals surface area contributed by atoms with Gasteiger partial charge in [0.1, 0.15) is 16.7 Å². The minimum atomic E-state index is -4.25. The van der Waals surface area contributed by atoms with Gasteiger partial charge in [0.2, 0.25) is 0 Å². The van der Waals surface area contributed by atoms with E-state index in [1.165, 1.54) is 24.3 Å². The van der Waals surface area contributed by atoms with Crippen molar-refractivity contribution in [3.05, 3.63) is 66.2 Å². The van der Waals surface area contributed by atoms with E-state index in [0.29, 0.717) is 5.56 Å². The second kappa shape index (κ2) is 10.3. The summed E-state index contributed by atoms with van der Waals surface area (Å²) in [7, 11) is 0.0412. The third-order valence-electron chi connectivity index (χ3n) is 6.53. The number of aliphatic hydroxyl groups is 1. The summed E-state index contributed by atoms with van der Waals surface area (Å²) in [6.07, 6.45) is 4.68. The van der Waals surface area contributed by atoms with Gasteiger partial charge in [0.15, 0.2) is 11.7 Å². The molecule has 2 fully saturated rings. The third kappa shape index (κ3) is 6.41. The first-order valence-corrected chi connectivity index (χ1v) is 12.7. The Morgan fingerprint density at radius 2 is 1.55 bits per heavy atom. The zero-order chi connectivity index (χ0) is 24.1. The Kier molecular flexibility index (Phi) is 7.95. The van der Waals surface area contributed by atoms with Gasteiger partial charge in [0, 0.05) is 12.3 Å². The van der Waals surface area contributed by atoms with Gasteiger partial charge >= 0.3 is 5.97 Å². The number of benzene rings is 2. The Bertz CT molecular complexity index is 1020. The first-order valence-electron chi connectivity index (χ1n) is 11.3. The highest BCUT2D eigenvalue weighted by Gasteiger charge is 2.49. The molecule has 2 aromatic rings. The molecule has 1 aliphatic carbocycles. The zero-order valence-corrected chi connectivity index (χ0v) is 20.0. The van der Waals surface area contributed by atoms with Gasteiger partial charge in [-0.05, 0) is 30.5 Å². The molecular weight excluding hydrogens is 442 g/mol. The third-order valence-corrected chi connectivity index (χ3v) is 7.38. The lowest BCUT2D eigenvalue weighted by molar-refractivity contribution is -0.879. The molecule has 2 aromatic carbocycles. The maximum absolute atomic E-state index is 12.9. The molecule has 2 aliphatic rings. The highest BCUT2D eigenvalue weighted by molar-refractivity contribution is 7.85. The molecule has 0 bridgehead atoms. The molecule has 1 N–H and O–H groups in total. The summed E-state index contributed by atoms with van der Waals surface area (Å²) >= 11 is 0. The van der Waals surface area contributed by atoms with Crippen molar-refractivity contribution in [2.75, 3.05) is 27.2 Å². The van der Waals surface area contributed by atoms with Crippen molar-refractivity contribution in [1.29, 1.82) is 0 Å². The molecular formula is C25H33NO6S. The van der Waals surface area contributed by atoms with Crippen molar-refractivity contribution in [1.82, 2.24) is 0 Å². The molecule has 1 saturated heterocycles. The van der Waals surface area contributed by atoms with Crippen LogP contribution in [0.3, 0.4) is 0 Å². The van der Waals surface area contributed by atoms with Gasteiger partial charge in [-0.2, -0.15) is 0 Å². The van der Waals surface area contributed by atoms with E-state index in [0.717, 1.165) is 49.7 Å². The van der Waals surface area contributed by atoms with E-state index in [-0.39, 0.29) is 16.9 Å². The SMILES string of the molecule is C[N+]1(C)CC[C@@H](OC(=O)[C@@](O)(c2ccccc2)C2CCCC2)C1.O=S(=O)([O-])c1ccccc1. The summed E-state index contributed by atoms with van der Waals surface area (Å²) in [6.45, 7) is 1.83. The van der Waals surface area contributed by atoms with Crippen molar-refractivity contribution < 1.29 is 32.1 Å². The Labute approximate surface area is 196 Å². The number of carbonyl (C=O) groups is 1. The average Bonchev–Trinajstić information content (AvgIpc) is 3.44. The van der Waals surface area contributed by atoms with Crippen molar-refractivity contribution in [2.24, 2.45) is 5.92 Å². The lowest BCUT2D eigenvalue weighted by Crippen LogP contribution is -2.46. The molecule has 1 heterocycles. The molecule has 180 valence electrons. The molecule has 0 radical (unpaired) electrons. The predicted molar refractivity (Wildman–Crippen MR) is 123 cm³/mol. The van der Waals surface area contributed by atoms with Gasteiger partial charge in [-0.25, -0.2) is 13.2 Å². The van der Waals surface area contributed by atoms with Crippen LogP contribution in [0.5, 0.6) is 0 Å². The minimum absolute atomic E-state index is 0.0405. The largest absolute Gasteiger partial charge is 0.744 e. The lowest BCUT2D eigenvalue weighted by atomic mass is 9.80. The summed E-state index contributed by atoms with van der Waals surface area (Å²) in [5, 5.41) is 11.4. The van der Waals surface area contributed by atoms with Gasteiger partial charge < -0.3 is 18.9 Å². The zero-order valence-electron chi connectivity index (χ0n) is 19.2. The minimum Gasteiger partial charge on any atom is -0.744 e. The highest BCUT2D eigenvalue weighted by Crippen LogP contribution is 2.42. The number of hydrogen-bond donors (Lipinski definition) is 1. The molecule has 0 unspecified atom stereocenters. The lowest BCUT2D eigenvalue weighted by Gasteiger charge is -2.33. The molecule has 8 heteroatoms. The van der Waals surface area contributed by atoms with Crippen LogP contribution < -0.4 is 0 Å². The van der Waals surface area contributed by atoms with Gasteiger partial charge in [-0.3, -0.25) is 0 Å². The fraction of sp³-hybridized carbons (Fsp3) is 0.480. The fourth-order valence-corrected chi connectivity index (χ4v) is 5.20. The first kappa shape index (κ1) is 25.4. The average molecular weight is 476 g/mol. The Morgan fingerprint density at radius 3 is 2.00 bits per heavy atom. The summed E-state index contributed by atoms with van der Waals surface area (Å²) < 4.78 is 37.5. The molecule has 1 saturated carbocycles. The summed E-state index contributed by atoms with van der Waals surface area (Å²) in [5.74, 6) is -0.496. The van der Waals surface area contributed by atoms with Crippen LogP contribution >= 0.6 is 0 Å². The smallest absolute Gasteiger partial charge is 0.343 e. The Hall–Kier alpha value is -2.26. The molecule has 4 rings (SSSR count). The second-order valence-electron chi connectivity index (χ2n) is 9.54.